The maximum absolute atomic E-state index is 12.4. The molecule has 0 saturated carbocycles. The number of rotatable bonds is 3. The van der Waals surface area contributed by atoms with Gasteiger partial charge in [0.15, 0.2) is 0 Å². The third kappa shape index (κ3) is 2.88. The molecule has 120 valence electrons. The molecule has 0 radical (unpaired) electrons. The standard InChI is InChI=1S/C18H21N3O2/c22-17-16(14-3-1-7-19-12-14)11-18(20-17)5-8-21(9-6-18)13-15-4-2-10-23-15/h1-4,7,10,12,16H,5-6,8-9,11,13H2,(H,20,22). The molecule has 23 heavy (non-hydrogen) atoms. The van der Waals surface area contributed by atoms with Crippen molar-refractivity contribution < 1.29 is 9.21 Å². The van der Waals surface area contributed by atoms with E-state index in [-0.39, 0.29) is 17.4 Å². The molecule has 1 N–H and O–H groups in total. The fraction of sp³-hybridized carbons (Fsp3) is 0.444. The molecule has 2 aromatic heterocycles. The van der Waals surface area contributed by atoms with Crippen LogP contribution in [0, 0.1) is 0 Å². The molecule has 1 unspecified atom stereocenters. The normalized spacial score (nSPS) is 24.0. The molecule has 0 aromatic carbocycles. The predicted molar refractivity (Wildman–Crippen MR) is 85.7 cm³/mol. The number of piperidine rings is 1. The Morgan fingerprint density at radius 1 is 1.30 bits per heavy atom. The summed E-state index contributed by atoms with van der Waals surface area (Å²) < 4.78 is 5.43. The van der Waals surface area contributed by atoms with E-state index in [9.17, 15) is 4.79 Å². The van der Waals surface area contributed by atoms with E-state index in [1.54, 1.807) is 12.5 Å². The van der Waals surface area contributed by atoms with E-state index in [1.165, 1.54) is 0 Å². The summed E-state index contributed by atoms with van der Waals surface area (Å²) in [7, 11) is 0. The van der Waals surface area contributed by atoms with Gasteiger partial charge in [-0.3, -0.25) is 14.7 Å². The maximum atomic E-state index is 12.4. The molecule has 1 atom stereocenters. The molecule has 2 saturated heterocycles. The van der Waals surface area contributed by atoms with Crippen LogP contribution in [-0.4, -0.2) is 34.4 Å². The zero-order chi connectivity index (χ0) is 15.7. The number of pyridine rings is 1. The Labute approximate surface area is 135 Å². The Morgan fingerprint density at radius 3 is 2.87 bits per heavy atom. The first kappa shape index (κ1) is 14.5. The highest BCUT2D eigenvalue weighted by atomic mass is 16.3. The van der Waals surface area contributed by atoms with Crippen molar-refractivity contribution in [2.24, 2.45) is 0 Å². The Kier molecular flexibility index (Phi) is 3.65. The van der Waals surface area contributed by atoms with Crippen LogP contribution in [0.2, 0.25) is 0 Å². The monoisotopic (exact) mass is 311 g/mol. The third-order valence-electron chi connectivity index (χ3n) is 5.16. The highest BCUT2D eigenvalue weighted by Gasteiger charge is 2.46. The van der Waals surface area contributed by atoms with Crippen LogP contribution >= 0.6 is 0 Å². The predicted octanol–water partition coefficient (Wildman–Crippen LogP) is 2.31. The Morgan fingerprint density at radius 2 is 2.17 bits per heavy atom. The Balaban J connectivity index is 1.40. The van der Waals surface area contributed by atoms with E-state index in [2.05, 4.69) is 15.2 Å². The Hall–Kier alpha value is -2.14. The van der Waals surface area contributed by atoms with Gasteiger partial charge in [-0.2, -0.15) is 0 Å². The minimum absolute atomic E-state index is 0.0444. The molecule has 2 aliphatic heterocycles. The molecule has 1 amide bonds. The van der Waals surface area contributed by atoms with Crippen molar-refractivity contribution in [2.45, 2.75) is 37.3 Å². The number of furan rings is 1. The molecule has 2 aromatic rings. The van der Waals surface area contributed by atoms with Crippen LogP contribution in [0.3, 0.4) is 0 Å². The van der Waals surface area contributed by atoms with Crippen LogP contribution in [0.1, 0.15) is 36.5 Å². The minimum atomic E-state index is -0.0553. The molecule has 4 rings (SSSR count). The first-order chi connectivity index (χ1) is 11.2. The zero-order valence-corrected chi connectivity index (χ0v) is 13.1. The smallest absolute Gasteiger partial charge is 0.228 e. The van der Waals surface area contributed by atoms with Crippen LogP contribution in [0.15, 0.2) is 47.3 Å². The fourth-order valence-corrected chi connectivity index (χ4v) is 3.83. The molecule has 4 heterocycles. The summed E-state index contributed by atoms with van der Waals surface area (Å²) in [5.74, 6) is 1.10. The van der Waals surface area contributed by atoms with E-state index >= 15 is 0 Å². The van der Waals surface area contributed by atoms with Crippen LogP contribution in [0.25, 0.3) is 0 Å². The van der Waals surface area contributed by atoms with Crippen LogP contribution < -0.4 is 5.32 Å². The SMILES string of the molecule is O=C1NC2(CCN(Cc3ccco3)CC2)CC1c1cccnc1. The van der Waals surface area contributed by atoms with E-state index in [0.717, 1.165) is 50.2 Å². The molecule has 2 aliphatic rings. The number of nitrogens with one attached hydrogen (secondary N) is 1. The van der Waals surface area contributed by atoms with Gasteiger partial charge in [-0.25, -0.2) is 0 Å². The summed E-state index contributed by atoms with van der Waals surface area (Å²) in [6, 6.07) is 7.85. The van der Waals surface area contributed by atoms with Gasteiger partial charge < -0.3 is 9.73 Å². The van der Waals surface area contributed by atoms with Crippen molar-refractivity contribution in [1.82, 2.24) is 15.2 Å². The number of likely N-dealkylation sites (tertiary alicyclic amines) is 1. The molecule has 1 spiro atoms. The number of carbonyl (C=O) groups excluding carboxylic acids is 1. The summed E-state index contributed by atoms with van der Waals surface area (Å²) >= 11 is 0. The summed E-state index contributed by atoms with van der Waals surface area (Å²) in [5, 5.41) is 3.28. The first-order valence-corrected chi connectivity index (χ1v) is 8.21. The number of nitrogens with zero attached hydrogens (tertiary/aromatic N) is 2. The largest absolute Gasteiger partial charge is 0.468 e. The van der Waals surface area contributed by atoms with Gasteiger partial charge in [-0.05, 0) is 43.0 Å². The molecular formula is C18H21N3O2. The van der Waals surface area contributed by atoms with E-state index in [1.807, 2.05) is 30.5 Å². The minimum Gasteiger partial charge on any atom is -0.468 e. The average molecular weight is 311 g/mol. The molecule has 2 fully saturated rings. The van der Waals surface area contributed by atoms with E-state index in [4.69, 9.17) is 4.42 Å². The lowest BCUT2D eigenvalue weighted by Gasteiger charge is -2.39. The van der Waals surface area contributed by atoms with Crippen molar-refractivity contribution in [2.75, 3.05) is 13.1 Å². The second kappa shape index (κ2) is 5.81. The van der Waals surface area contributed by atoms with Gasteiger partial charge in [0.05, 0.1) is 18.7 Å². The highest BCUT2D eigenvalue weighted by molar-refractivity contribution is 5.87. The van der Waals surface area contributed by atoms with Crippen molar-refractivity contribution in [3.05, 3.63) is 54.2 Å². The lowest BCUT2D eigenvalue weighted by atomic mass is 9.82. The van der Waals surface area contributed by atoms with Gasteiger partial charge in [0.1, 0.15) is 5.76 Å². The number of aromatic nitrogens is 1. The summed E-state index contributed by atoms with van der Waals surface area (Å²) in [6.07, 6.45) is 8.16. The van der Waals surface area contributed by atoms with E-state index in [0.29, 0.717) is 0 Å². The van der Waals surface area contributed by atoms with Gasteiger partial charge in [-0.1, -0.05) is 6.07 Å². The van der Waals surface area contributed by atoms with Crippen LogP contribution in [0.4, 0.5) is 0 Å². The maximum Gasteiger partial charge on any atom is 0.228 e. The molecule has 5 heteroatoms. The molecule has 5 nitrogen and oxygen atoms in total. The van der Waals surface area contributed by atoms with Crippen LogP contribution in [-0.2, 0) is 11.3 Å². The van der Waals surface area contributed by atoms with E-state index < -0.39 is 0 Å². The van der Waals surface area contributed by atoms with Gasteiger partial charge in [-0.15, -0.1) is 0 Å². The number of amides is 1. The lowest BCUT2D eigenvalue weighted by Crippen LogP contribution is -2.50. The van der Waals surface area contributed by atoms with Gasteiger partial charge >= 0.3 is 0 Å². The van der Waals surface area contributed by atoms with Crippen molar-refractivity contribution >= 4 is 5.91 Å². The first-order valence-electron chi connectivity index (χ1n) is 8.21. The summed E-state index contributed by atoms with van der Waals surface area (Å²) in [6.45, 7) is 2.82. The second-order valence-corrected chi connectivity index (χ2v) is 6.67. The summed E-state index contributed by atoms with van der Waals surface area (Å²) in [5.41, 5.74) is 0.983. The fourth-order valence-electron chi connectivity index (χ4n) is 3.83. The summed E-state index contributed by atoms with van der Waals surface area (Å²) in [4.78, 5) is 19.0. The van der Waals surface area contributed by atoms with Gasteiger partial charge in [0, 0.05) is 31.0 Å². The van der Waals surface area contributed by atoms with Crippen LogP contribution in [0.5, 0.6) is 0 Å². The zero-order valence-electron chi connectivity index (χ0n) is 13.1. The topological polar surface area (TPSA) is 58.4 Å². The highest BCUT2D eigenvalue weighted by Crippen LogP contribution is 2.39. The molecule has 0 bridgehead atoms. The van der Waals surface area contributed by atoms with Crippen molar-refractivity contribution in [3.63, 3.8) is 0 Å². The third-order valence-corrected chi connectivity index (χ3v) is 5.16. The van der Waals surface area contributed by atoms with Crippen molar-refractivity contribution in [3.8, 4) is 0 Å². The molecular weight excluding hydrogens is 290 g/mol. The lowest BCUT2D eigenvalue weighted by molar-refractivity contribution is -0.121. The quantitative estimate of drug-likeness (QED) is 0.945. The number of carbonyl (C=O) groups is 1. The average Bonchev–Trinajstić information content (AvgIpc) is 3.19. The van der Waals surface area contributed by atoms with Crippen molar-refractivity contribution in [1.29, 1.82) is 0 Å². The number of hydrogen-bond donors (Lipinski definition) is 1. The number of hydrogen-bond acceptors (Lipinski definition) is 4. The Bertz CT molecular complexity index is 661. The second-order valence-electron chi connectivity index (χ2n) is 6.67. The van der Waals surface area contributed by atoms with Gasteiger partial charge in [0.25, 0.3) is 0 Å². The van der Waals surface area contributed by atoms with Gasteiger partial charge in [0.2, 0.25) is 5.91 Å². The molecule has 0 aliphatic carbocycles.